The number of nitrogen functional groups attached to an aromatic ring is 1. The molecule has 7 heteroatoms. The molecule has 1 aliphatic rings. The normalized spacial score (nSPS) is 28.2. The first-order valence-corrected chi connectivity index (χ1v) is 5.40. The highest BCUT2D eigenvalue weighted by molar-refractivity contribution is 5.81. The second-order valence-corrected chi connectivity index (χ2v) is 4.27. The number of aliphatic hydroxyl groups excluding tert-OH is 1. The van der Waals surface area contributed by atoms with Crippen molar-refractivity contribution in [3.63, 3.8) is 0 Å². The van der Waals surface area contributed by atoms with Gasteiger partial charge in [-0.15, -0.1) is 0 Å². The molecule has 17 heavy (non-hydrogen) atoms. The number of hydrogen-bond donors (Lipinski definition) is 2. The van der Waals surface area contributed by atoms with E-state index in [2.05, 4.69) is 15.0 Å². The molecule has 3 atom stereocenters. The van der Waals surface area contributed by atoms with Crippen molar-refractivity contribution >= 4 is 17.0 Å². The Kier molecular flexibility index (Phi) is 2.22. The number of imidazole rings is 1. The van der Waals surface area contributed by atoms with Gasteiger partial charge >= 0.3 is 0 Å². The molecule has 1 unspecified atom stereocenters. The van der Waals surface area contributed by atoms with Crippen molar-refractivity contribution in [2.45, 2.75) is 18.6 Å². The van der Waals surface area contributed by atoms with Gasteiger partial charge in [-0.1, -0.05) is 0 Å². The molecule has 2 heterocycles. The van der Waals surface area contributed by atoms with E-state index in [4.69, 9.17) is 10.8 Å². The molecule has 0 bridgehead atoms. The average molecular weight is 237 g/mol. The van der Waals surface area contributed by atoms with E-state index >= 15 is 0 Å². The smallest absolute Gasteiger partial charge is 0.165 e. The number of anilines is 1. The summed E-state index contributed by atoms with van der Waals surface area (Å²) in [4.78, 5) is 12.0. The topological polar surface area (TPSA) is 89.9 Å². The van der Waals surface area contributed by atoms with Crippen molar-refractivity contribution in [1.82, 2.24) is 19.5 Å². The molecule has 0 spiro atoms. The van der Waals surface area contributed by atoms with E-state index in [1.165, 1.54) is 12.7 Å². The fourth-order valence-electron chi connectivity index (χ4n) is 2.24. The van der Waals surface area contributed by atoms with Crippen LogP contribution in [0.2, 0.25) is 0 Å². The predicted molar refractivity (Wildman–Crippen MR) is 58.9 cm³/mol. The fraction of sp³-hybridized carbons (Fsp3) is 0.500. The van der Waals surface area contributed by atoms with Gasteiger partial charge < -0.3 is 15.4 Å². The van der Waals surface area contributed by atoms with E-state index in [-0.39, 0.29) is 18.6 Å². The summed E-state index contributed by atoms with van der Waals surface area (Å²) in [6.07, 6.45) is 2.40. The van der Waals surface area contributed by atoms with Crippen molar-refractivity contribution in [3.05, 3.63) is 12.7 Å². The minimum absolute atomic E-state index is 0.124. The quantitative estimate of drug-likeness (QED) is 0.784. The molecular weight excluding hydrogens is 225 g/mol. The van der Waals surface area contributed by atoms with E-state index < -0.39 is 6.17 Å². The first-order chi connectivity index (χ1) is 8.22. The molecule has 2 aromatic heterocycles. The Hall–Kier alpha value is -1.76. The molecule has 1 saturated carbocycles. The summed E-state index contributed by atoms with van der Waals surface area (Å²) >= 11 is 0. The molecule has 90 valence electrons. The highest BCUT2D eigenvalue weighted by atomic mass is 19.1. The molecule has 6 nitrogen and oxygen atoms in total. The number of alkyl halides is 1. The average Bonchev–Trinajstić information content (AvgIpc) is 2.73. The maximum atomic E-state index is 13.8. The highest BCUT2D eigenvalue weighted by Crippen LogP contribution is 2.41. The molecule has 3 rings (SSSR count). The van der Waals surface area contributed by atoms with Gasteiger partial charge in [0.25, 0.3) is 0 Å². The highest BCUT2D eigenvalue weighted by Gasteiger charge is 2.42. The summed E-state index contributed by atoms with van der Waals surface area (Å²) in [5.74, 6) is 0.0128. The number of aromatic nitrogens is 4. The van der Waals surface area contributed by atoms with Crippen LogP contribution >= 0.6 is 0 Å². The van der Waals surface area contributed by atoms with E-state index in [1.807, 2.05) is 0 Å². The number of halogens is 1. The number of aliphatic hydroxyl groups is 1. The second-order valence-electron chi connectivity index (χ2n) is 4.27. The summed E-state index contributed by atoms with van der Waals surface area (Å²) in [6, 6.07) is -0.313. The Labute approximate surface area is 96.3 Å². The largest absolute Gasteiger partial charge is 0.396 e. The van der Waals surface area contributed by atoms with Crippen LogP contribution in [-0.4, -0.2) is 37.4 Å². The van der Waals surface area contributed by atoms with Crippen LogP contribution in [0.25, 0.3) is 11.2 Å². The summed E-state index contributed by atoms with van der Waals surface area (Å²) in [5, 5.41) is 8.92. The van der Waals surface area contributed by atoms with E-state index in [0.717, 1.165) is 0 Å². The van der Waals surface area contributed by atoms with Gasteiger partial charge in [-0.25, -0.2) is 19.3 Å². The van der Waals surface area contributed by atoms with Crippen LogP contribution in [0, 0.1) is 5.92 Å². The molecule has 0 aliphatic heterocycles. The third-order valence-corrected chi connectivity index (χ3v) is 3.34. The van der Waals surface area contributed by atoms with Gasteiger partial charge in [0.15, 0.2) is 11.5 Å². The molecule has 1 aliphatic carbocycles. The fourth-order valence-corrected chi connectivity index (χ4v) is 2.24. The number of rotatable bonds is 2. The number of nitrogens with zero attached hydrogens (tertiary/aromatic N) is 4. The van der Waals surface area contributed by atoms with Crippen LogP contribution in [0.5, 0.6) is 0 Å². The second kappa shape index (κ2) is 3.63. The molecule has 3 N–H and O–H groups in total. The van der Waals surface area contributed by atoms with Gasteiger partial charge in [-0.3, -0.25) is 0 Å². The standard InChI is InChI=1S/C10H12FN5O/c11-7-5(2-17)1-6(7)16-4-15-8-9(12)13-3-14-10(8)16/h3-7,17H,1-2H2,(H2,12,13,14)/t5-,6-,7?/m1/s1. The number of fused-ring (bicyclic) bond motifs is 1. The van der Waals surface area contributed by atoms with Gasteiger partial charge in [0, 0.05) is 12.5 Å². The summed E-state index contributed by atoms with van der Waals surface area (Å²) in [6.45, 7) is -0.124. The summed E-state index contributed by atoms with van der Waals surface area (Å²) < 4.78 is 15.4. The van der Waals surface area contributed by atoms with Gasteiger partial charge in [0.1, 0.15) is 18.0 Å². The summed E-state index contributed by atoms with van der Waals surface area (Å²) in [5.41, 5.74) is 6.69. The zero-order chi connectivity index (χ0) is 12.0. The maximum Gasteiger partial charge on any atom is 0.165 e. The third-order valence-electron chi connectivity index (χ3n) is 3.34. The molecule has 0 amide bonds. The lowest BCUT2D eigenvalue weighted by atomic mass is 9.78. The minimum atomic E-state index is -1.06. The zero-order valence-electron chi connectivity index (χ0n) is 8.99. The van der Waals surface area contributed by atoms with E-state index in [1.54, 1.807) is 4.57 Å². The van der Waals surface area contributed by atoms with Crippen LogP contribution in [0.15, 0.2) is 12.7 Å². The zero-order valence-corrected chi connectivity index (χ0v) is 8.99. The Morgan fingerprint density at radius 3 is 3.00 bits per heavy atom. The van der Waals surface area contributed by atoms with Gasteiger partial charge in [0.05, 0.1) is 12.4 Å². The van der Waals surface area contributed by atoms with E-state index in [0.29, 0.717) is 23.4 Å². The van der Waals surface area contributed by atoms with Crippen molar-refractivity contribution in [2.75, 3.05) is 12.3 Å². The van der Waals surface area contributed by atoms with Crippen LogP contribution < -0.4 is 5.73 Å². The van der Waals surface area contributed by atoms with Crippen molar-refractivity contribution in [3.8, 4) is 0 Å². The lowest BCUT2D eigenvalue weighted by molar-refractivity contribution is 0.00326. The monoisotopic (exact) mass is 237 g/mol. The lowest BCUT2D eigenvalue weighted by Crippen LogP contribution is -2.42. The first kappa shape index (κ1) is 10.4. The van der Waals surface area contributed by atoms with Crippen molar-refractivity contribution < 1.29 is 9.50 Å². The third kappa shape index (κ3) is 1.39. The van der Waals surface area contributed by atoms with Crippen LogP contribution in [0.3, 0.4) is 0 Å². The molecule has 0 aromatic carbocycles. The number of hydrogen-bond acceptors (Lipinski definition) is 5. The molecule has 2 aromatic rings. The van der Waals surface area contributed by atoms with Crippen molar-refractivity contribution in [2.24, 2.45) is 5.92 Å². The predicted octanol–water partition coefficient (Wildman–Crippen LogP) is 0.300. The molecular formula is C10H12FN5O. The molecule has 0 saturated heterocycles. The summed E-state index contributed by atoms with van der Waals surface area (Å²) in [7, 11) is 0. The Balaban J connectivity index is 2.00. The first-order valence-electron chi connectivity index (χ1n) is 5.40. The minimum Gasteiger partial charge on any atom is -0.396 e. The van der Waals surface area contributed by atoms with E-state index in [9.17, 15) is 4.39 Å². The number of nitrogens with two attached hydrogens (primary N) is 1. The van der Waals surface area contributed by atoms with Crippen LogP contribution in [0.1, 0.15) is 12.5 Å². The van der Waals surface area contributed by atoms with Crippen molar-refractivity contribution in [1.29, 1.82) is 0 Å². The Morgan fingerprint density at radius 1 is 1.47 bits per heavy atom. The molecule has 1 fully saturated rings. The lowest BCUT2D eigenvalue weighted by Gasteiger charge is -2.39. The molecule has 0 radical (unpaired) electrons. The van der Waals surface area contributed by atoms with Gasteiger partial charge in [-0.2, -0.15) is 0 Å². The maximum absolute atomic E-state index is 13.8. The van der Waals surface area contributed by atoms with Gasteiger partial charge in [0.2, 0.25) is 0 Å². The van der Waals surface area contributed by atoms with Crippen LogP contribution in [-0.2, 0) is 0 Å². The van der Waals surface area contributed by atoms with Gasteiger partial charge in [-0.05, 0) is 6.42 Å². The Bertz CT molecular complexity index is 557. The van der Waals surface area contributed by atoms with Crippen LogP contribution in [0.4, 0.5) is 10.2 Å². The Morgan fingerprint density at radius 2 is 2.29 bits per heavy atom. The SMILES string of the molecule is Nc1ncnc2c1ncn2[C@@H]1C[C@H](CO)C1F.